The molecule has 0 amide bonds. The molecule has 0 fully saturated rings. The highest BCUT2D eigenvalue weighted by molar-refractivity contribution is 4.88. The smallest absolute Gasteiger partial charge is 0.0257 e. The first-order valence-corrected chi connectivity index (χ1v) is 5.62. The van der Waals surface area contributed by atoms with Gasteiger partial charge in [0.15, 0.2) is 0 Å². The molecule has 0 aromatic heterocycles. The number of allylic oxidation sites excluding steroid dienone is 1. The van der Waals surface area contributed by atoms with E-state index in [0.29, 0.717) is 6.04 Å². The first kappa shape index (κ1) is 12.5. The molecule has 0 unspecified atom stereocenters. The SMILES string of the molecule is C=C(C)NC(CCCC)CCCC. The third-order valence-corrected chi connectivity index (χ3v) is 2.26. The van der Waals surface area contributed by atoms with Crippen LogP contribution in [-0.2, 0) is 0 Å². The lowest BCUT2D eigenvalue weighted by Crippen LogP contribution is -2.26. The van der Waals surface area contributed by atoms with Crippen molar-refractivity contribution in [2.45, 2.75) is 65.3 Å². The molecule has 0 saturated carbocycles. The van der Waals surface area contributed by atoms with E-state index in [-0.39, 0.29) is 0 Å². The largest absolute Gasteiger partial charge is 0.386 e. The Hall–Kier alpha value is -0.460. The van der Waals surface area contributed by atoms with Gasteiger partial charge in [-0.15, -0.1) is 0 Å². The van der Waals surface area contributed by atoms with Gasteiger partial charge in [-0.1, -0.05) is 46.1 Å². The van der Waals surface area contributed by atoms with Gasteiger partial charge in [-0.3, -0.25) is 0 Å². The molecule has 13 heavy (non-hydrogen) atoms. The second-order valence-corrected chi connectivity index (χ2v) is 3.91. The molecule has 0 aromatic rings. The van der Waals surface area contributed by atoms with E-state index in [9.17, 15) is 0 Å². The summed E-state index contributed by atoms with van der Waals surface area (Å²) in [4.78, 5) is 0. The Morgan fingerprint density at radius 2 is 1.62 bits per heavy atom. The highest BCUT2D eigenvalue weighted by atomic mass is 14.9. The Morgan fingerprint density at radius 3 is 1.92 bits per heavy atom. The van der Waals surface area contributed by atoms with Gasteiger partial charge in [0.25, 0.3) is 0 Å². The minimum atomic E-state index is 0.664. The Kier molecular flexibility index (Phi) is 7.86. The van der Waals surface area contributed by atoms with Crippen molar-refractivity contribution >= 4 is 0 Å². The lowest BCUT2D eigenvalue weighted by molar-refractivity contribution is 0.460. The van der Waals surface area contributed by atoms with Crippen LogP contribution in [0, 0.1) is 0 Å². The van der Waals surface area contributed by atoms with Crippen LogP contribution in [0.5, 0.6) is 0 Å². The lowest BCUT2D eigenvalue weighted by Gasteiger charge is -2.19. The fraction of sp³-hybridized carbons (Fsp3) is 0.833. The summed E-state index contributed by atoms with van der Waals surface area (Å²) in [7, 11) is 0. The van der Waals surface area contributed by atoms with Crippen LogP contribution in [0.15, 0.2) is 12.3 Å². The molecule has 0 heterocycles. The maximum absolute atomic E-state index is 3.90. The molecule has 0 radical (unpaired) electrons. The number of rotatable bonds is 8. The van der Waals surface area contributed by atoms with Crippen molar-refractivity contribution in [1.29, 1.82) is 0 Å². The van der Waals surface area contributed by atoms with Gasteiger partial charge in [-0.25, -0.2) is 0 Å². The molecule has 1 N–H and O–H groups in total. The molecule has 78 valence electrons. The summed E-state index contributed by atoms with van der Waals surface area (Å²) < 4.78 is 0. The molecule has 1 heteroatoms. The van der Waals surface area contributed by atoms with Gasteiger partial charge in [0.2, 0.25) is 0 Å². The van der Waals surface area contributed by atoms with Crippen molar-refractivity contribution in [3.63, 3.8) is 0 Å². The fourth-order valence-corrected chi connectivity index (χ4v) is 1.54. The Morgan fingerprint density at radius 1 is 1.15 bits per heavy atom. The van der Waals surface area contributed by atoms with Gasteiger partial charge in [0.1, 0.15) is 0 Å². The molecule has 0 aromatic carbocycles. The third kappa shape index (κ3) is 7.89. The number of unbranched alkanes of at least 4 members (excludes halogenated alkanes) is 2. The lowest BCUT2D eigenvalue weighted by atomic mass is 10.0. The summed E-state index contributed by atoms with van der Waals surface area (Å²) in [5.74, 6) is 0. The Bertz CT molecular complexity index is 121. The molecule has 0 aliphatic rings. The molecule has 0 aliphatic carbocycles. The van der Waals surface area contributed by atoms with Crippen LogP contribution >= 0.6 is 0 Å². The van der Waals surface area contributed by atoms with Crippen LogP contribution in [0.2, 0.25) is 0 Å². The number of nitrogens with one attached hydrogen (secondary N) is 1. The van der Waals surface area contributed by atoms with Gasteiger partial charge >= 0.3 is 0 Å². The van der Waals surface area contributed by atoms with Gasteiger partial charge in [0, 0.05) is 11.7 Å². The highest BCUT2D eigenvalue weighted by Crippen LogP contribution is 2.09. The number of hydrogen-bond donors (Lipinski definition) is 1. The van der Waals surface area contributed by atoms with Crippen molar-refractivity contribution in [3.8, 4) is 0 Å². The maximum Gasteiger partial charge on any atom is 0.0257 e. The van der Waals surface area contributed by atoms with Crippen LogP contribution < -0.4 is 5.32 Å². The van der Waals surface area contributed by atoms with Gasteiger partial charge in [-0.2, -0.15) is 0 Å². The zero-order chi connectivity index (χ0) is 10.1. The van der Waals surface area contributed by atoms with E-state index in [1.165, 1.54) is 38.5 Å². The van der Waals surface area contributed by atoms with Crippen molar-refractivity contribution in [1.82, 2.24) is 5.32 Å². The molecule has 1 nitrogen and oxygen atoms in total. The molecule has 0 atom stereocenters. The van der Waals surface area contributed by atoms with Crippen molar-refractivity contribution in [2.24, 2.45) is 0 Å². The Balaban J connectivity index is 3.66. The second-order valence-electron chi connectivity index (χ2n) is 3.91. The molecular weight excluding hydrogens is 158 g/mol. The first-order chi connectivity index (χ1) is 6.20. The van der Waals surface area contributed by atoms with E-state index in [4.69, 9.17) is 0 Å². The molecule has 0 bridgehead atoms. The summed E-state index contributed by atoms with van der Waals surface area (Å²) >= 11 is 0. The standard InChI is InChI=1S/C12H25N/c1-5-7-9-12(10-8-6-2)13-11(3)4/h12-13H,3,5-10H2,1-2,4H3. The van der Waals surface area contributed by atoms with E-state index in [1.54, 1.807) is 0 Å². The third-order valence-electron chi connectivity index (χ3n) is 2.26. The molecular formula is C12H25N. The van der Waals surface area contributed by atoms with Crippen molar-refractivity contribution in [3.05, 3.63) is 12.3 Å². The van der Waals surface area contributed by atoms with E-state index < -0.39 is 0 Å². The molecule has 0 rings (SSSR count). The van der Waals surface area contributed by atoms with Crippen LogP contribution in [0.1, 0.15) is 59.3 Å². The van der Waals surface area contributed by atoms with Crippen LogP contribution in [0.4, 0.5) is 0 Å². The molecule has 0 saturated heterocycles. The maximum atomic E-state index is 3.90. The van der Waals surface area contributed by atoms with Crippen LogP contribution in [0.3, 0.4) is 0 Å². The normalized spacial score (nSPS) is 10.5. The monoisotopic (exact) mass is 183 g/mol. The first-order valence-electron chi connectivity index (χ1n) is 5.62. The molecule has 0 spiro atoms. The predicted molar refractivity (Wildman–Crippen MR) is 60.8 cm³/mol. The minimum absolute atomic E-state index is 0.664. The summed E-state index contributed by atoms with van der Waals surface area (Å²) in [6.45, 7) is 10.4. The van der Waals surface area contributed by atoms with E-state index in [1.807, 2.05) is 6.92 Å². The predicted octanol–water partition coefficient (Wildman–Crippen LogP) is 3.86. The van der Waals surface area contributed by atoms with E-state index in [2.05, 4.69) is 25.7 Å². The van der Waals surface area contributed by atoms with E-state index in [0.717, 1.165) is 5.70 Å². The zero-order valence-electron chi connectivity index (χ0n) is 9.53. The number of hydrogen-bond acceptors (Lipinski definition) is 1. The average Bonchev–Trinajstić information content (AvgIpc) is 2.09. The van der Waals surface area contributed by atoms with Gasteiger partial charge in [0.05, 0.1) is 0 Å². The van der Waals surface area contributed by atoms with Crippen molar-refractivity contribution < 1.29 is 0 Å². The zero-order valence-corrected chi connectivity index (χ0v) is 9.53. The fourth-order valence-electron chi connectivity index (χ4n) is 1.54. The highest BCUT2D eigenvalue weighted by Gasteiger charge is 2.05. The summed E-state index contributed by atoms with van der Waals surface area (Å²) in [5, 5.41) is 3.46. The van der Waals surface area contributed by atoms with Gasteiger partial charge < -0.3 is 5.32 Å². The van der Waals surface area contributed by atoms with Crippen molar-refractivity contribution in [2.75, 3.05) is 0 Å². The summed E-state index contributed by atoms with van der Waals surface area (Å²) in [6.07, 6.45) is 7.83. The quantitative estimate of drug-likeness (QED) is 0.602. The minimum Gasteiger partial charge on any atom is -0.386 e. The van der Waals surface area contributed by atoms with Gasteiger partial charge in [-0.05, 0) is 19.8 Å². The van der Waals surface area contributed by atoms with E-state index >= 15 is 0 Å². The Labute approximate surface area is 83.6 Å². The topological polar surface area (TPSA) is 12.0 Å². The average molecular weight is 183 g/mol. The summed E-state index contributed by atoms with van der Waals surface area (Å²) in [6, 6.07) is 0.664. The van der Waals surface area contributed by atoms with Crippen LogP contribution in [-0.4, -0.2) is 6.04 Å². The molecule has 0 aliphatic heterocycles. The van der Waals surface area contributed by atoms with Crippen LogP contribution in [0.25, 0.3) is 0 Å². The second kappa shape index (κ2) is 8.15. The summed E-state index contributed by atoms with van der Waals surface area (Å²) in [5.41, 5.74) is 1.11.